The van der Waals surface area contributed by atoms with Crippen LogP contribution in [0.2, 0.25) is 0 Å². The van der Waals surface area contributed by atoms with E-state index in [0.29, 0.717) is 35.7 Å². The maximum Gasteiger partial charge on any atom is 0.349 e. The molecule has 212 valence electrons. The second-order valence-corrected chi connectivity index (χ2v) is 12.1. The molecule has 0 amide bonds. The van der Waals surface area contributed by atoms with Gasteiger partial charge in [-0.05, 0) is 58.0 Å². The van der Waals surface area contributed by atoms with Crippen LogP contribution in [0.4, 0.5) is 0 Å². The van der Waals surface area contributed by atoms with Crippen molar-refractivity contribution in [3.8, 4) is 0 Å². The highest BCUT2D eigenvalue weighted by atomic mass is 79.9. The number of carbonyl (C=O) groups excluding carboxylic acids is 2. The van der Waals surface area contributed by atoms with Gasteiger partial charge in [-0.25, -0.2) is 14.3 Å². The van der Waals surface area contributed by atoms with Crippen molar-refractivity contribution < 1.29 is 23.8 Å². The number of nitrogens with one attached hydrogen (secondary N) is 1. The van der Waals surface area contributed by atoms with E-state index in [1.54, 1.807) is 10.9 Å². The number of nitrogens with zero attached hydrogens (tertiary/aromatic N) is 3. The zero-order valence-corrected chi connectivity index (χ0v) is 24.9. The lowest BCUT2D eigenvalue weighted by molar-refractivity contribution is -0.182. The number of hydrogen-bond acceptors (Lipinski definition) is 8. The SMILES string of the molecule is CC(C)[C@H](NC1=C(Br)C(=O)O[C@@H]1O[C@@H]1C[C@H](C)CC[C@H]1C(C)C)C(=O)OCc1cn(Cc2ccccc2)nn1. The molecule has 1 saturated carbocycles. The summed E-state index contributed by atoms with van der Waals surface area (Å²) in [5.41, 5.74) is 2.07. The van der Waals surface area contributed by atoms with Gasteiger partial charge in [0, 0.05) is 0 Å². The molecule has 2 aliphatic rings. The monoisotopic (exact) mass is 602 g/mol. The summed E-state index contributed by atoms with van der Waals surface area (Å²) in [7, 11) is 0. The van der Waals surface area contributed by atoms with Crippen LogP contribution in [0.5, 0.6) is 0 Å². The average Bonchev–Trinajstić information content (AvgIpc) is 3.44. The Balaban J connectivity index is 1.39. The zero-order chi connectivity index (χ0) is 28.1. The molecular formula is C29H39BrN4O5. The van der Waals surface area contributed by atoms with Gasteiger partial charge in [0.25, 0.3) is 0 Å². The summed E-state index contributed by atoms with van der Waals surface area (Å²) in [5.74, 6) is 0.260. The van der Waals surface area contributed by atoms with Crippen LogP contribution in [-0.4, -0.2) is 45.4 Å². The number of rotatable bonds is 11. The number of aromatic nitrogens is 3. The van der Waals surface area contributed by atoms with Gasteiger partial charge in [0.15, 0.2) is 0 Å². The topological polar surface area (TPSA) is 105 Å². The fourth-order valence-corrected chi connectivity index (χ4v) is 5.63. The van der Waals surface area contributed by atoms with E-state index in [0.717, 1.165) is 18.4 Å². The van der Waals surface area contributed by atoms with Gasteiger partial charge < -0.3 is 19.5 Å². The minimum absolute atomic E-state index is 0.00979. The van der Waals surface area contributed by atoms with Crippen LogP contribution in [0.25, 0.3) is 0 Å². The number of carbonyl (C=O) groups is 2. The Morgan fingerprint density at radius 2 is 1.95 bits per heavy atom. The molecule has 1 aliphatic carbocycles. The molecule has 0 unspecified atom stereocenters. The highest BCUT2D eigenvalue weighted by molar-refractivity contribution is 9.12. The lowest BCUT2D eigenvalue weighted by atomic mass is 9.75. The minimum atomic E-state index is -0.907. The highest BCUT2D eigenvalue weighted by Crippen LogP contribution is 2.38. The molecule has 9 nitrogen and oxygen atoms in total. The van der Waals surface area contributed by atoms with Crippen LogP contribution in [0.3, 0.4) is 0 Å². The maximum absolute atomic E-state index is 13.2. The van der Waals surface area contributed by atoms with Crippen LogP contribution in [-0.2, 0) is 37.0 Å². The molecule has 1 aliphatic heterocycles. The van der Waals surface area contributed by atoms with Crippen molar-refractivity contribution in [3.63, 3.8) is 0 Å². The van der Waals surface area contributed by atoms with Crippen LogP contribution < -0.4 is 5.32 Å². The molecular weight excluding hydrogens is 564 g/mol. The van der Waals surface area contributed by atoms with Crippen molar-refractivity contribution in [1.82, 2.24) is 20.3 Å². The largest absolute Gasteiger partial charge is 0.458 e. The van der Waals surface area contributed by atoms with Crippen LogP contribution >= 0.6 is 15.9 Å². The zero-order valence-electron chi connectivity index (χ0n) is 23.3. The molecule has 0 radical (unpaired) electrons. The molecule has 0 saturated heterocycles. The van der Waals surface area contributed by atoms with Crippen molar-refractivity contribution in [2.75, 3.05) is 0 Å². The Morgan fingerprint density at radius 1 is 1.21 bits per heavy atom. The van der Waals surface area contributed by atoms with Gasteiger partial charge in [0.05, 0.1) is 18.8 Å². The predicted molar refractivity (Wildman–Crippen MR) is 149 cm³/mol. The van der Waals surface area contributed by atoms with Crippen molar-refractivity contribution >= 4 is 27.9 Å². The van der Waals surface area contributed by atoms with Crippen molar-refractivity contribution in [2.24, 2.45) is 23.7 Å². The summed E-state index contributed by atoms with van der Waals surface area (Å²) < 4.78 is 19.6. The van der Waals surface area contributed by atoms with Crippen LogP contribution in [0, 0.1) is 23.7 Å². The lowest BCUT2D eigenvalue weighted by Gasteiger charge is -2.38. The Hall–Kier alpha value is -2.72. The fourth-order valence-electron chi connectivity index (χ4n) is 5.23. The molecule has 0 bridgehead atoms. The average molecular weight is 604 g/mol. The summed E-state index contributed by atoms with van der Waals surface area (Å²) in [5, 5.41) is 11.5. The van der Waals surface area contributed by atoms with E-state index < -0.39 is 24.3 Å². The first kappa shape index (κ1) is 29.3. The maximum atomic E-state index is 13.2. The molecule has 4 rings (SSSR count). The summed E-state index contributed by atoms with van der Waals surface area (Å²) in [6.07, 6.45) is 3.97. The highest BCUT2D eigenvalue weighted by Gasteiger charge is 2.41. The molecule has 1 fully saturated rings. The van der Waals surface area contributed by atoms with Gasteiger partial charge in [-0.3, -0.25) is 0 Å². The van der Waals surface area contributed by atoms with Gasteiger partial charge >= 0.3 is 11.9 Å². The number of esters is 2. The number of cyclic esters (lactones) is 1. The van der Waals surface area contributed by atoms with Gasteiger partial charge in [-0.1, -0.05) is 76.6 Å². The van der Waals surface area contributed by atoms with Crippen molar-refractivity contribution in [1.29, 1.82) is 0 Å². The number of benzene rings is 1. The first-order valence-corrected chi connectivity index (χ1v) is 14.5. The smallest absolute Gasteiger partial charge is 0.349 e. The van der Waals surface area contributed by atoms with Crippen LogP contribution in [0.1, 0.15) is 65.1 Å². The number of ether oxygens (including phenoxy) is 3. The van der Waals surface area contributed by atoms with Crippen LogP contribution in [0.15, 0.2) is 46.7 Å². The lowest BCUT2D eigenvalue weighted by Crippen LogP contribution is -2.45. The second-order valence-electron chi connectivity index (χ2n) is 11.3. The van der Waals surface area contributed by atoms with E-state index in [9.17, 15) is 9.59 Å². The first-order valence-electron chi connectivity index (χ1n) is 13.7. The third-order valence-electron chi connectivity index (χ3n) is 7.49. The van der Waals surface area contributed by atoms with E-state index >= 15 is 0 Å². The van der Waals surface area contributed by atoms with E-state index in [-0.39, 0.29) is 23.1 Å². The molecule has 39 heavy (non-hydrogen) atoms. The summed E-state index contributed by atoms with van der Waals surface area (Å²) in [6, 6.07) is 9.21. The molecule has 5 atom stereocenters. The Bertz CT molecular complexity index is 1170. The standard InChI is InChI=1S/C29H39BrN4O5/c1-17(2)22-12-11-19(5)13-23(22)38-29-26(24(30)27(35)39-29)31-25(18(3)4)28(36)37-16-21-15-34(33-32-21)14-20-9-7-6-8-10-20/h6-10,15,17-19,22-23,25,29,31H,11-14,16H2,1-5H3/t19-,22+,23-,25+,29+/m1/s1. The number of halogens is 1. The minimum Gasteiger partial charge on any atom is -0.458 e. The Morgan fingerprint density at radius 3 is 2.64 bits per heavy atom. The van der Waals surface area contributed by atoms with E-state index in [1.165, 1.54) is 6.42 Å². The number of hydrogen-bond donors (Lipinski definition) is 1. The van der Waals surface area contributed by atoms with E-state index in [1.807, 2.05) is 44.2 Å². The fraction of sp³-hybridized carbons (Fsp3) is 0.586. The first-order chi connectivity index (χ1) is 18.6. The van der Waals surface area contributed by atoms with Gasteiger partial charge in [-0.15, -0.1) is 5.10 Å². The van der Waals surface area contributed by atoms with Gasteiger partial charge in [0.1, 0.15) is 28.5 Å². The van der Waals surface area contributed by atoms with Gasteiger partial charge in [0.2, 0.25) is 6.29 Å². The second kappa shape index (κ2) is 13.1. The molecule has 2 aromatic rings. The molecule has 2 heterocycles. The third kappa shape index (κ3) is 7.48. The van der Waals surface area contributed by atoms with E-state index in [2.05, 4.69) is 52.3 Å². The summed E-state index contributed by atoms with van der Waals surface area (Å²) in [4.78, 5) is 25.7. The third-order valence-corrected chi connectivity index (χ3v) is 8.24. The van der Waals surface area contributed by atoms with E-state index in [4.69, 9.17) is 14.2 Å². The quantitative estimate of drug-likeness (QED) is 0.360. The summed E-state index contributed by atoms with van der Waals surface area (Å²) in [6.45, 7) is 11.0. The Kier molecular flexibility index (Phi) is 9.82. The normalized spacial score (nSPS) is 24.3. The van der Waals surface area contributed by atoms with Gasteiger partial charge in [-0.2, -0.15) is 0 Å². The molecule has 1 aromatic heterocycles. The Labute approximate surface area is 238 Å². The van der Waals surface area contributed by atoms with Crippen molar-refractivity contribution in [3.05, 3.63) is 58.0 Å². The molecule has 0 spiro atoms. The van der Waals surface area contributed by atoms with Crippen molar-refractivity contribution in [2.45, 2.75) is 85.5 Å². The summed E-state index contributed by atoms with van der Waals surface area (Å²) >= 11 is 3.35. The predicted octanol–water partition coefficient (Wildman–Crippen LogP) is 4.95. The molecule has 10 heteroatoms. The molecule has 1 aromatic carbocycles. The molecule has 1 N–H and O–H groups in total.